The largest absolute Gasteiger partial charge is 0.326 e. The van der Waals surface area contributed by atoms with Crippen molar-refractivity contribution >= 4 is 10.0 Å². The van der Waals surface area contributed by atoms with Crippen molar-refractivity contribution < 1.29 is 8.42 Å². The molecule has 3 N–H and O–H groups in total. The Kier molecular flexibility index (Phi) is 5.06. The molecule has 1 heterocycles. The second-order valence-electron chi connectivity index (χ2n) is 4.91. The average molecular weight is 305 g/mol. The van der Waals surface area contributed by atoms with Crippen LogP contribution < -0.4 is 10.5 Å². The second kappa shape index (κ2) is 6.80. The number of benzene rings is 1. The van der Waals surface area contributed by atoms with Crippen LogP contribution in [0.5, 0.6) is 0 Å². The van der Waals surface area contributed by atoms with Crippen LogP contribution in [0.3, 0.4) is 0 Å². The molecule has 1 unspecified atom stereocenters. The Morgan fingerprint density at radius 3 is 2.67 bits per heavy atom. The van der Waals surface area contributed by atoms with Gasteiger partial charge >= 0.3 is 0 Å². The predicted molar refractivity (Wildman–Crippen MR) is 82.7 cm³/mol. The first-order valence-electron chi connectivity index (χ1n) is 6.68. The van der Waals surface area contributed by atoms with Crippen LogP contribution in [0.15, 0.2) is 48.8 Å². The molecule has 0 aliphatic heterocycles. The van der Waals surface area contributed by atoms with E-state index in [2.05, 4.69) is 9.71 Å². The molecule has 6 heteroatoms. The SMILES string of the molecule is CC(NS(=O)(=O)Cc1cccc(CN)c1)c1cccnc1. The van der Waals surface area contributed by atoms with Gasteiger partial charge in [-0.1, -0.05) is 30.3 Å². The number of rotatable bonds is 6. The van der Waals surface area contributed by atoms with Gasteiger partial charge in [-0.25, -0.2) is 13.1 Å². The number of pyridine rings is 1. The monoisotopic (exact) mass is 305 g/mol. The van der Waals surface area contributed by atoms with Crippen molar-refractivity contribution in [2.75, 3.05) is 0 Å². The second-order valence-corrected chi connectivity index (χ2v) is 6.66. The van der Waals surface area contributed by atoms with E-state index in [0.717, 1.165) is 16.7 Å². The Labute approximate surface area is 125 Å². The summed E-state index contributed by atoms with van der Waals surface area (Å²) in [5, 5.41) is 0. The number of aromatic nitrogens is 1. The lowest BCUT2D eigenvalue weighted by atomic mass is 10.1. The van der Waals surface area contributed by atoms with Crippen molar-refractivity contribution in [1.82, 2.24) is 9.71 Å². The zero-order chi connectivity index (χ0) is 15.3. The molecule has 5 nitrogen and oxygen atoms in total. The highest BCUT2D eigenvalue weighted by molar-refractivity contribution is 7.88. The Morgan fingerprint density at radius 2 is 2.00 bits per heavy atom. The van der Waals surface area contributed by atoms with Gasteiger partial charge in [0.25, 0.3) is 0 Å². The molecule has 1 atom stereocenters. The van der Waals surface area contributed by atoms with E-state index in [4.69, 9.17) is 5.73 Å². The molecule has 0 aliphatic carbocycles. The number of nitrogens with two attached hydrogens (primary N) is 1. The topological polar surface area (TPSA) is 85.1 Å². The van der Waals surface area contributed by atoms with E-state index in [-0.39, 0.29) is 11.8 Å². The van der Waals surface area contributed by atoms with Gasteiger partial charge in [-0.3, -0.25) is 4.98 Å². The third-order valence-corrected chi connectivity index (χ3v) is 4.55. The van der Waals surface area contributed by atoms with E-state index < -0.39 is 10.0 Å². The molecule has 0 radical (unpaired) electrons. The molecule has 112 valence electrons. The summed E-state index contributed by atoms with van der Waals surface area (Å²) in [7, 11) is -3.43. The molecule has 1 aromatic carbocycles. The maximum Gasteiger partial charge on any atom is 0.216 e. The highest BCUT2D eigenvalue weighted by Crippen LogP contribution is 2.14. The fraction of sp³-hybridized carbons (Fsp3) is 0.267. The first kappa shape index (κ1) is 15.6. The van der Waals surface area contributed by atoms with Crippen LogP contribution in [0.4, 0.5) is 0 Å². The highest BCUT2D eigenvalue weighted by Gasteiger charge is 2.16. The van der Waals surface area contributed by atoms with Gasteiger partial charge in [0.15, 0.2) is 0 Å². The lowest BCUT2D eigenvalue weighted by molar-refractivity contribution is 0.565. The van der Waals surface area contributed by atoms with E-state index in [9.17, 15) is 8.42 Å². The van der Waals surface area contributed by atoms with Crippen molar-refractivity contribution in [3.05, 3.63) is 65.5 Å². The van der Waals surface area contributed by atoms with Gasteiger partial charge in [0.2, 0.25) is 10.0 Å². The number of hydrogen-bond acceptors (Lipinski definition) is 4. The van der Waals surface area contributed by atoms with E-state index >= 15 is 0 Å². The van der Waals surface area contributed by atoms with Crippen molar-refractivity contribution in [2.24, 2.45) is 5.73 Å². The van der Waals surface area contributed by atoms with Gasteiger partial charge < -0.3 is 5.73 Å². The first-order chi connectivity index (χ1) is 10.00. The van der Waals surface area contributed by atoms with Crippen LogP contribution in [-0.2, 0) is 22.3 Å². The van der Waals surface area contributed by atoms with E-state index in [1.165, 1.54) is 0 Å². The summed E-state index contributed by atoms with van der Waals surface area (Å²) in [6.45, 7) is 2.19. The number of hydrogen-bond donors (Lipinski definition) is 2. The molecule has 2 rings (SSSR count). The van der Waals surface area contributed by atoms with Crippen molar-refractivity contribution in [3.8, 4) is 0 Å². The van der Waals surface area contributed by atoms with E-state index in [1.54, 1.807) is 31.5 Å². The van der Waals surface area contributed by atoms with Gasteiger partial charge in [-0.2, -0.15) is 0 Å². The van der Waals surface area contributed by atoms with Gasteiger partial charge in [-0.15, -0.1) is 0 Å². The van der Waals surface area contributed by atoms with Crippen molar-refractivity contribution in [2.45, 2.75) is 25.3 Å². The van der Waals surface area contributed by atoms with Crippen LogP contribution in [-0.4, -0.2) is 13.4 Å². The Bertz CT molecular complexity index is 687. The van der Waals surface area contributed by atoms with Gasteiger partial charge in [-0.05, 0) is 29.7 Å². The van der Waals surface area contributed by atoms with Gasteiger partial charge in [0.1, 0.15) is 0 Å². The molecule has 21 heavy (non-hydrogen) atoms. The molecule has 0 saturated carbocycles. The zero-order valence-electron chi connectivity index (χ0n) is 11.9. The summed E-state index contributed by atoms with van der Waals surface area (Å²) in [5.41, 5.74) is 8.04. The molecule has 0 bridgehead atoms. The summed E-state index contributed by atoms with van der Waals surface area (Å²) in [6.07, 6.45) is 3.31. The summed E-state index contributed by atoms with van der Waals surface area (Å²) in [6, 6.07) is 10.6. The number of sulfonamides is 1. The third kappa shape index (κ3) is 4.63. The Morgan fingerprint density at radius 1 is 1.24 bits per heavy atom. The molecule has 2 aromatic rings. The number of nitrogens with zero attached hydrogens (tertiary/aromatic N) is 1. The van der Waals surface area contributed by atoms with Crippen LogP contribution in [0.25, 0.3) is 0 Å². The minimum atomic E-state index is -3.43. The maximum absolute atomic E-state index is 12.2. The lowest BCUT2D eigenvalue weighted by Gasteiger charge is -2.14. The Hall–Kier alpha value is -1.76. The minimum absolute atomic E-state index is 0.0640. The van der Waals surface area contributed by atoms with Crippen molar-refractivity contribution in [3.63, 3.8) is 0 Å². The minimum Gasteiger partial charge on any atom is -0.326 e. The number of nitrogens with one attached hydrogen (secondary N) is 1. The fourth-order valence-electron chi connectivity index (χ4n) is 2.08. The van der Waals surface area contributed by atoms with E-state index in [0.29, 0.717) is 6.54 Å². The summed E-state index contributed by atoms with van der Waals surface area (Å²) >= 11 is 0. The normalized spacial score (nSPS) is 13.0. The molecule has 0 saturated heterocycles. The van der Waals surface area contributed by atoms with Crippen molar-refractivity contribution in [1.29, 1.82) is 0 Å². The van der Waals surface area contributed by atoms with Crippen LogP contribution in [0, 0.1) is 0 Å². The predicted octanol–water partition coefficient (Wildman–Crippen LogP) is 1.72. The van der Waals surface area contributed by atoms with Gasteiger partial charge in [0.05, 0.1) is 5.75 Å². The first-order valence-corrected chi connectivity index (χ1v) is 8.33. The zero-order valence-corrected chi connectivity index (χ0v) is 12.7. The fourth-order valence-corrected chi connectivity index (χ4v) is 3.45. The summed E-state index contributed by atoms with van der Waals surface area (Å²) in [4.78, 5) is 3.99. The molecule has 0 spiro atoms. The molecular weight excluding hydrogens is 286 g/mol. The molecule has 0 fully saturated rings. The van der Waals surface area contributed by atoms with Gasteiger partial charge in [0, 0.05) is 25.0 Å². The third-order valence-electron chi connectivity index (χ3n) is 3.12. The lowest BCUT2D eigenvalue weighted by Crippen LogP contribution is -2.28. The molecular formula is C15H19N3O2S. The maximum atomic E-state index is 12.2. The summed E-state index contributed by atoms with van der Waals surface area (Å²) in [5.74, 6) is -0.0640. The molecule has 0 amide bonds. The van der Waals surface area contributed by atoms with E-state index in [1.807, 2.05) is 24.3 Å². The molecule has 1 aromatic heterocycles. The average Bonchev–Trinajstić information content (AvgIpc) is 2.47. The molecule has 0 aliphatic rings. The highest BCUT2D eigenvalue weighted by atomic mass is 32.2. The Balaban J connectivity index is 2.08. The van der Waals surface area contributed by atoms with Crippen LogP contribution in [0.1, 0.15) is 29.7 Å². The standard InChI is InChI=1S/C15H19N3O2S/c1-12(15-6-3-7-17-10-15)18-21(19,20)11-14-5-2-4-13(8-14)9-16/h2-8,10,12,18H,9,11,16H2,1H3. The summed E-state index contributed by atoms with van der Waals surface area (Å²) < 4.78 is 27.1. The smallest absolute Gasteiger partial charge is 0.216 e. The quantitative estimate of drug-likeness (QED) is 0.851. The van der Waals surface area contributed by atoms with Crippen LogP contribution in [0.2, 0.25) is 0 Å². The van der Waals surface area contributed by atoms with Crippen LogP contribution >= 0.6 is 0 Å².